The maximum atomic E-state index is 6.40. The van der Waals surface area contributed by atoms with E-state index in [1.165, 1.54) is 43.6 Å². The zero-order chi connectivity index (χ0) is 12.5. The maximum absolute atomic E-state index is 6.40. The molecule has 2 heterocycles. The number of benzene rings is 1. The van der Waals surface area contributed by atoms with Crippen LogP contribution >= 0.6 is 11.6 Å². The Labute approximate surface area is 115 Å². The van der Waals surface area contributed by atoms with Crippen molar-refractivity contribution in [1.82, 2.24) is 4.90 Å². The molecular formula is C15H21ClN2. The van der Waals surface area contributed by atoms with Gasteiger partial charge in [-0.1, -0.05) is 17.7 Å². The predicted molar refractivity (Wildman–Crippen MR) is 77.6 cm³/mol. The molecule has 0 amide bonds. The molecule has 0 radical (unpaired) electrons. The Balaban J connectivity index is 1.82. The van der Waals surface area contributed by atoms with E-state index in [0.29, 0.717) is 0 Å². The number of fused-ring (bicyclic) bond motifs is 1. The first-order valence-electron chi connectivity index (χ1n) is 6.99. The van der Waals surface area contributed by atoms with Crippen molar-refractivity contribution in [2.75, 3.05) is 31.1 Å². The number of anilines is 1. The third kappa shape index (κ3) is 2.36. The van der Waals surface area contributed by atoms with E-state index in [0.717, 1.165) is 24.2 Å². The fourth-order valence-electron chi connectivity index (χ4n) is 3.29. The van der Waals surface area contributed by atoms with Gasteiger partial charge in [-0.25, -0.2) is 0 Å². The van der Waals surface area contributed by atoms with E-state index in [1.807, 2.05) is 0 Å². The van der Waals surface area contributed by atoms with Gasteiger partial charge in [0.15, 0.2) is 0 Å². The number of rotatable bonds is 1. The summed E-state index contributed by atoms with van der Waals surface area (Å²) in [5, 5.41) is 0.904. The van der Waals surface area contributed by atoms with Crippen molar-refractivity contribution in [2.24, 2.45) is 0 Å². The van der Waals surface area contributed by atoms with Crippen LogP contribution in [0.4, 0.5) is 5.69 Å². The van der Waals surface area contributed by atoms with Crippen molar-refractivity contribution >= 4 is 17.3 Å². The monoisotopic (exact) mass is 264 g/mol. The lowest BCUT2D eigenvalue weighted by molar-refractivity contribution is 0.273. The van der Waals surface area contributed by atoms with Gasteiger partial charge >= 0.3 is 0 Å². The summed E-state index contributed by atoms with van der Waals surface area (Å²) >= 11 is 6.40. The first-order valence-corrected chi connectivity index (χ1v) is 7.37. The highest BCUT2D eigenvalue weighted by atomic mass is 35.5. The molecule has 0 spiro atoms. The summed E-state index contributed by atoms with van der Waals surface area (Å²) in [5.41, 5.74) is 2.46. The molecule has 3 rings (SSSR count). The molecule has 2 fully saturated rings. The van der Waals surface area contributed by atoms with E-state index in [4.69, 9.17) is 11.6 Å². The largest absolute Gasteiger partial charge is 0.369 e. The van der Waals surface area contributed by atoms with Crippen molar-refractivity contribution in [3.05, 3.63) is 28.8 Å². The van der Waals surface area contributed by atoms with E-state index in [-0.39, 0.29) is 0 Å². The van der Waals surface area contributed by atoms with Gasteiger partial charge in [0.25, 0.3) is 0 Å². The summed E-state index contributed by atoms with van der Waals surface area (Å²) < 4.78 is 0. The lowest BCUT2D eigenvalue weighted by Crippen LogP contribution is -2.36. The Hall–Kier alpha value is -0.730. The Kier molecular flexibility index (Phi) is 3.49. The molecule has 2 aliphatic heterocycles. The van der Waals surface area contributed by atoms with Crippen LogP contribution in [-0.4, -0.2) is 37.1 Å². The van der Waals surface area contributed by atoms with Gasteiger partial charge in [-0.3, -0.25) is 4.90 Å². The average molecular weight is 265 g/mol. The molecule has 1 aromatic carbocycles. The highest BCUT2D eigenvalue weighted by Crippen LogP contribution is 2.30. The van der Waals surface area contributed by atoms with Crippen LogP contribution < -0.4 is 4.90 Å². The van der Waals surface area contributed by atoms with E-state index in [9.17, 15) is 0 Å². The molecule has 0 bridgehead atoms. The molecule has 18 heavy (non-hydrogen) atoms. The molecule has 0 aromatic heterocycles. The van der Waals surface area contributed by atoms with Gasteiger partial charge < -0.3 is 4.90 Å². The zero-order valence-electron chi connectivity index (χ0n) is 11.0. The molecule has 2 aliphatic rings. The van der Waals surface area contributed by atoms with Crippen molar-refractivity contribution in [3.63, 3.8) is 0 Å². The van der Waals surface area contributed by atoms with Gasteiger partial charge in [0.2, 0.25) is 0 Å². The Bertz CT molecular complexity index is 433. The van der Waals surface area contributed by atoms with E-state index in [1.54, 1.807) is 0 Å². The van der Waals surface area contributed by atoms with E-state index in [2.05, 4.69) is 34.9 Å². The summed E-state index contributed by atoms with van der Waals surface area (Å²) in [5.74, 6) is 0. The van der Waals surface area contributed by atoms with E-state index < -0.39 is 0 Å². The SMILES string of the molecule is Cc1ccc(N2CCCN3CCCC3C2)c(Cl)c1. The Morgan fingerprint density at radius 2 is 2.00 bits per heavy atom. The quantitative estimate of drug-likeness (QED) is 0.768. The molecule has 1 unspecified atom stereocenters. The van der Waals surface area contributed by atoms with Gasteiger partial charge in [0.05, 0.1) is 10.7 Å². The van der Waals surface area contributed by atoms with Crippen LogP contribution in [0.15, 0.2) is 18.2 Å². The van der Waals surface area contributed by atoms with Crippen LogP contribution in [0.25, 0.3) is 0 Å². The first kappa shape index (κ1) is 12.3. The van der Waals surface area contributed by atoms with Gasteiger partial charge in [0.1, 0.15) is 0 Å². The van der Waals surface area contributed by atoms with Crippen molar-refractivity contribution in [1.29, 1.82) is 0 Å². The van der Waals surface area contributed by atoms with Gasteiger partial charge in [-0.05, 0) is 50.4 Å². The molecule has 98 valence electrons. The Morgan fingerprint density at radius 3 is 2.83 bits per heavy atom. The fraction of sp³-hybridized carbons (Fsp3) is 0.600. The topological polar surface area (TPSA) is 6.48 Å². The second kappa shape index (κ2) is 5.10. The normalized spacial score (nSPS) is 25.0. The number of hydrogen-bond acceptors (Lipinski definition) is 2. The molecule has 3 heteroatoms. The van der Waals surface area contributed by atoms with Crippen LogP contribution in [0.5, 0.6) is 0 Å². The minimum atomic E-state index is 0.741. The number of nitrogens with zero attached hydrogens (tertiary/aromatic N) is 2. The molecular weight excluding hydrogens is 244 g/mol. The second-order valence-electron chi connectivity index (χ2n) is 5.59. The van der Waals surface area contributed by atoms with Crippen LogP contribution in [0.2, 0.25) is 5.02 Å². The van der Waals surface area contributed by atoms with Crippen molar-refractivity contribution in [2.45, 2.75) is 32.2 Å². The summed E-state index contributed by atoms with van der Waals surface area (Å²) in [6.07, 6.45) is 3.96. The van der Waals surface area contributed by atoms with Crippen LogP contribution in [-0.2, 0) is 0 Å². The highest BCUT2D eigenvalue weighted by molar-refractivity contribution is 6.33. The summed E-state index contributed by atoms with van der Waals surface area (Å²) in [6.45, 7) is 6.92. The Morgan fingerprint density at radius 1 is 1.17 bits per heavy atom. The van der Waals surface area contributed by atoms with Crippen molar-refractivity contribution in [3.8, 4) is 0 Å². The van der Waals surface area contributed by atoms with Gasteiger partial charge in [-0.2, -0.15) is 0 Å². The molecule has 1 aromatic rings. The lowest BCUT2D eigenvalue weighted by atomic mass is 10.1. The third-order valence-electron chi connectivity index (χ3n) is 4.25. The number of aryl methyl sites for hydroxylation is 1. The highest BCUT2D eigenvalue weighted by Gasteiger charge is 2.29. The van der Waals surface area contributed by atoms with Gasteiger partial charge in [0, 0.05) is 25.7 Å². The summed E-state index contributed by atoms with van der Waals surface area (Å²) in [6, 6.07) is 7.17. The molecule has 0 N–H and O–H groups in total. The van der Waals surface area contributed by atoms with Crippen LogP contribution in [0.1, 0.15) is 24.8 Å². The smallest absolute Gasteiger partial charge is 0.0642 e. The molecule has 1 atom stereocenters. The molecule has 2 nitrogen and oxygen atoms in total. The van der Waals surface area contributed by atoms with Crippen molar-refractivity contribution < 1.29 is 0 Å². The summed E-state index contributed by atoms with van der Waals surface area (Å²) in [4.78, 5) is 5.14. The summed E-state index contributed by atoms with van der Waals surface area (Å²) in [7, 11) is 0. The minimum absolute atomic E-state index is 0.741. The lowest BCUT2D eigenvalue weighted by Gasteiger charge is -2.28. The standard InChI is InChI=1S/C15H21ClN2/c1-12-5-6-15(14(16)10-12)18-9-3-8-17-7-2-4-13(17)11-18/h5-6,10,13H,2-4,7-9,11H2,1H3. The minimum Gasteiger partial charge on any atom is -0.369 e. The number of halogens is 1. The molecule has 0 aliphatic carbocycles. The maximum Gasteiger partial charge on any atom is 0.0642 e. The van der Waals surface area contributed by atoms with Crippen LogP contribution in [0.3, 0.4) is 0 Å². The van der Waals surface area contributed by atoms with E-state index >= 15 is 0 Å². The fourth-order valence-corrected chi connectivity index (χ4v) is 3.65. The second-order valence-corrected chi connectivity index (χ2v) is 5.99. The molecule has 0 saturated carbocycles. The molecule has 2 saturated heterocycles. The first-order chi connectivity index (χ1) is 8.74. The predicted octanol–water partition coefficient (Wildman–Crippen LogP) is 3.32. The van der Waals surface area contributed by atoms with Crippen LogP contribution in [0, 0.1) is 6.92 Å². The van der Waals surface area contributed by atoms with Gasteiger partial charge in [-0.15, -0.1) is 0 Å². The number of hydrogen-bond donors (Lipinski definition) is 0. The zero-order valence-corrected chi connectivity index (χ0v) is 11.8. The third-order valence-corrected chi connectivity index (χ3v) is 4.55. The average Bonchev–Trinajstić information content (AvgIpc) is 2.67.